The van der Waals surface area contributed by atoms with Crippen molar-refractivity contribution >= 4 is 11.9 Å². The first-order chi connectivity index (χ1) is 16.3. The Morgan fingerprint density at radius 2 is 1.15 bits per heavy atom. The van der Waals surface area contributed by atoms with Crippen LogP contribution in [0.4, 0.5) is 0 Å². The van der Waals surface area contributed by atoms with Crippen LogP contribution in [-0.2, 0) is 9.59 Å². The molecule has 0 amide bonds. The molecule has 3 aromatic carbocycles. The maximum absolute atomic E-state index is 11.7. The minimum absolute atomic E-state index is 0.271. The lowest BCUT2D eigenvalue weighted by Crippen LogP contribution is -2.14. The van der Waals surface area contributed by atoms with Crippen LogP contribution in [0, 0.1) is 0 Å². The van der Waals surface area contributed by atoms with E-state index in [1.807, 2.05) is 24.3 Å². The lowest BCUT2D eigenvalue weighted by Gasteiger charge is -2.30. The first kappa shape index (κ1) is 23.0. The van der Waals surface area contributed by atoms with E-state index < -0.39 is 11.9 Å². The molecule has 0 N–H and O–H groups in total. The van der Waals surface area contributed by atoms with E-state index in [4.69, 9.17) is 28.4 Å². The molecular formula is C26H24O8. The number of hydrogen-bond donors (Lipinski definition) is 0. The first-order valence-electron chi connectivity index (χ1n) is 10.5. The molecule has 0 unspecified atom stereocenters. The van der Waals surface area contributed by atoms with Crippen LogP contribution in [0.5, 0.6) is 40.2 Å². The van der Waals surface area contributed by atoms with Gasteiger partial charge in [-0.1, -0.05) is 12.1 Å². The van der Waals surface area contributed by atoms with Crippen molar-refractivity contribution in [1.82, 2.24) is 0 Å². The largest absolute Gasteiger partial charge is 0.497 e. The maximum atomic E-state index is 11.7. The summed E-state index contributed by atoms with van der Waals surface area (Å²) < 4.78 is 33.2. The quantitative estimate of drug-likeness (QED) is 0.296. The highest BCUT2D eigenvalue weighted by Gasteiger charge is 2.33. The Hall–Kier alpha value is -4.20. The third kappa shape index (κ3) is 4.34. The van der Waals surface area contributed by atoms with Gasteiger partial charge in [-0.15, -0.1) is 0 Å². The van der Waals surface area contributed by atoms with Gasteiger partial charge in [0.25, 0.3) is 0 Å². The summed E-state index contributed by atoms with van der Waals surface area (Å²) in [7, 11) is 4.57. The standard InChI is InChI=1S/C26H24O8/c1-14(27)32-24-10-18-20(12-22(24)30-4)34-21-13-23(31-5)25(33-15(2)28)11-19(21)26(18)16-6-8-17(29-3)9-7-16/h6-13,26H,1-5H3. The summed E-state index contributed by atoms with van der Waals surface area (Å²) in [5.41, 5.74) is 2.41. The van der Waals surface area contributed by atoms with Crippen LogP contribution in [-0.4, -0.2) is 33.3 Å². The van der Waals surface area contributed by atoms with Gasteiger partial charge in [0.1, 0.15) is 17.2 Å². The predicted octanol–water partition coefficient (Wildman–Crippen LogP) is 4.85. The fourth-order valence-corrected chi connectivity index (χ4v) is 3.97. The fraction of sp³-hybridized carbons (Fsp3) is 0.231. The van der Waals surface area contributed by atoms with Crippen molar-refractivity contribution < 1.29 is 38.0 Å². The molecule has 0 aliphatic carbocycles. The molecular weight excluding hydrogens is 440 g/mol. The van der Waals surface area contributed by atoms with E-state index in [0.29, 0.717) is 28.7 Å². The molecule has 0 saturated heterocycles. The number of methoxy groups -OCH3 is 3. The number of fused-ring (bicyclic) bond motifs is 2. The molecule has 0 radical (unpaired) electrons. The highest BCUT2D eigenvalue weighted by molar-refractivity contribution is 5.74. The van der Waals surface area contributed by atoms with Gasteiger partial charge in [-0.25, -0.2) is 0 Å². The van der Waals surface area contributed by atoms with E-state index in [9.17, 15) is 9.59 Å². The van der Waals surface area contributed by atoms with Gasteiger partial charge in [0.2, 0.25) is 0 Å². The zero-order valence-electron chi connectivity index (χ0n) is 19.5. The van der Waals surface area contributed by atoms with Gasteiger partial charge in [-0.2, -0.15) is 0 Å². The van der Waals surface area contributed by atoms with Gasteiger partial charge >= 0.3 is 11.9 Å². The summed E-state index contributed by atoms with van der Waals surface area (Å²) in [6.07, 6.45) is 0. The van der Waals surface area contributed by atoms with E-state index in [2.05, 4.69) is 0 Å². The number of benzene rings is 3. The van der Waals surface area contributed by atoms with Gasteiger partial charge in [-0.3, -0.25) is 9.59 Å². The lowest BCUT2D eigenvalue weighted by molar-refractivity contribution is -0.132. The molecule has 4 rings (SSSR count). The minimum atomic E-state index is -0.474. The summed E-state index contributed by atoms with van der Waals surface area (Å²) in [6, 6.07) is 14.4. The molecule has 176 valence electrons. The monoisotopic (exact) mass is 464 g/mol. The number of carbonyl (C=O) groups excluding carboxylic acids is 2. The number of carbonyl (C=O) groups is 2. The number of hydrogen-bond acceptors (Lipinski definition) is 8. The summed E-state index contributed by atoms with van der Waals surface area (Å²) in [5.74, 6) is 1.74. The molecule has 0 fully saturated rings. The SMILES string of the molecule is COc1ccc(C2c3cc(OC(C)=O)c(OC)cc3Oc3cc(OC)c(OC(C)=O)cc32)cc1. The van der Waals surface area contributed by atoms with Crippen LogP contribution >= 0.6 is 0 Å². The van der Waals surface area contributed by atoms with E-state index in [-0.39, 0.29) is 17.4 Å². The third-order valence-corrected chi connectivity index (χ3v) is 5.39. The van der Waals surface area contributed by atoms with Crippen molar-refractivity contribution in [3.63, 3.8) is 0 Å². The highest BCUT2D eigenvalue weighted by atomic mass is 16.6. The van der Waals surface area contributed by atoms with Gasteiger partial charge in [0.15, 0.2) is 23.0 Å². The molecule has 0 bridgehead atoms. The van der Waals surface area contributed by atoms with Gasteiger partial charge in [-0.05, 0) is 29.8 Å². The van der Waals surface area contributed by atoms with Crippen LogP contribution in [0.3, 0.4) is 0 Å². The second-order valence-corrected chi connectivity index (χ2v) is 7.58. The fourth-order valence-electron chi connectivity index (χ4n) is 3.97. The Bertz CT molecular complexity index is 1170. The number of ether oxygens (including phenoxy) is 6. The van der Waals surface area contributed by atoms with Crippen LogP contribution in [0.25, 0.3) is 0 Å². The van der Waals surface area contributed by atoms with Crippen molar-refractivity contribution in [1.29, 1.82) is 0 Å². The first-order valence-corrected chi connectivity index (χ1v) is 10.5. The lowest BCUT2D eigenvalue weighted by atomic mass is 9.82. The Balaban J connectivity index is 1.96. The number of rotatable bonds is 6. The average Bonchev–Trinajstić information content (AvgIpc) is 2.81. The molecule has 8 heteroatoms. The zero-order chi connectivity index (χ0) is 24.4. The van der Waals surface area contributed by atoms with E-state index in [0.717, 1.165) is 16.7 Å². The van der Waals surface area contributed by atoms with Crippen LogP contribution in [0.2, 0.25) is 0 Å². The number of esters is 2. The van der Waals surface area contributed by atoms with Crippen molar-refractivity contribution in [3.05, 3.63) is 65.2 Å². The van der Waals surface area contributed by atoms with Crippen LogP contribution < -0.4 is 28.4 Å². The van der Waals surface area contributed by atoms with Crippen LogP contribution in [0.15, 0.2) is 48.5 Å². The summed E-state index contributed by atoms with van der Waals surface area (Å²) >= 11 is 0. The molecule has 0 spiro atoms. The molecule has 8 nitrogen and oxygen atoms in total. The summed E-state index contributed by atoms with van der Waals surface area (Å²) in [4.78, 5) is 23.4. The van der Waals surface area contributed by atoms with Gasteiger partial charge in [0, 0.05) is 43.0 Å². The predicted molar refractivity (Wildman–Crippen MR) is 123 cm³/mol. The van der Waals surface area contributed by atoms with E-state index in [1.54, 1.807) is 31.4 Å². The average molecular weight is 464 g/mol. The molecule has 0 aromatic heterocycles. The van der Waals surface area contributed by atoms with Crippen molar-refractivity contribution in [3.8, 4) is 40.2 Å². The minimum Gasteiger partial charge on any atom is -0.497 e. The molecule has 1 aliphatic rings. The Kier molecular flexibility index (Phi) is 6.32. The highest BCUT2D eigenvalue weighted by Crippen LogP contribution is 2.53. The zero-order valence-corrected chi connectivity index (χ0v) is 19.5. The molecule has 1 heterocycles. The third-order valence-electron chi connectivity index (χ3n) is 5.39. The second-order valence-electron chi connectivity index (χ2n) is 7.58. The Morgan fingerprint density at radius 3 is 1.53 bits per heavy atom. The smallest absolute Gasteiger partial charge is 0.308 e. The van der Waals surface area contributed by atoms with E-state index >= 15 is 0 Å². The summed E-state index contributed by atoms with van der Waals surface area (Å²) in [5, 5.41) is 0. The van der Waals surface area contributed by atoms with Gasteiger partial charge < -0.3 is 28.4 Å². The van der Waals surface area contributed by atoms with E-state index in [1.165, 1.54) is 28.1 Å². The molecule has 34 heavy (non-hydrogen) atoms. The molecule has 0 saturated carbocycles. The summed E-state index contributed by atoms with van der Waals surface area (Å²) in [6.45, 7) is 2.65. The maximum Gasteiger partial charge on any atom is 0.308 e. The van der Waals surface area contributed by atoms with Gasteiger partial charge in [0.05, 0.1) is 21.3 Å². The van der Waals surface area contributed by atoms with Crippen LogP contribution in [0.1, 0.15) is 36.5 Å². The van der Waals surface area contributed by atoms with Crippen molar-refractivity contribution in [2.75, 3.05) is 21.3 Å². The molecule has 3 aromatic rings. The topological polar surface area (TPSA) is 89.5 Å². The Morgan fingerprint density at radius 1 is 0.676 bits per heavy atom. The molecule has 0 atom stereocenters. The second kappa shape index (κ2) is 9.35. The van der Waals surface area contributed by atoms with Crippen molar-refractivity contribution in [2.24, 2.45) is 0 Å². The van der Waals surface area contributed by atoms with Crippen molar-refractivity contribution in [2.45, 2.75) is 19.8 Å². The normalized spacial score (nSPS) is 12.0. The Labute approximate surface area is 196 Å². The molecule has 1 aliphatic heterocycles.